The molecular formula is C13H15F2N3O3. The van der Waals surface area contributed by atoms with E-state index in [1.165, 1.54) is 6.07 Å². The van der Waals surface area contributed by atoms with E-state index in [1.807, 2.05) is 0 Å². The lowest BCUT2D eigenvalue weighted by molar-refractivity contribution is -0.00826. The van der Waals surface area contributed by atoms with Crippen LogP contribution in [-0.2, 0) is 6.54 Å². The van der Waals surface area contributed by atoms with E-state index >= 15 is 0 Å². The maximum absolute atomic E-state index is 12.1. The van der Waals surface area contributed by atoms with Crippen molar-refractivity contribution in [1.82, 2.24) is 10.6 Å². The van der Waals surface area contributed by atoms with Crippen molar-refractivity contribution in [2.24, 2.45) is 0 Å². The van der Waals surface area contributed by atoms with Crippen molar-refractivity contribution in [3.63, 3.8) is 0 Å². The first-order valence-electron chi connectivity index (χ1n) is 6.39. The molecule has 1 aromatic rings. The highest BCUT2D eigenvalue weighted by Crippen LogP contribution is 2.20. The maximum Gasteiger partial charge on any atom is 0.319 e. The van der Waals surface area contributed by atoms with Crippen molar-refractivity contribution >= 4 is 17.6 Å². The Balaban J connectivity index is 1.94. The molecule has 1 atom stereocenters. The van der Waals surface area contributed by atoms with E-state index in [-0.39, 0.29) is 19.0 Å². The van der Waals surface area contributed by atoms with Crippen LogP contribution in [-0.4, -0.2) is 36.1 Å². The van der Waals surface area contributed by atoms with Crippen molar-refractivity contribution in [2.75, 3.05) is 11.9 Å². The highest BCUT2D eigenvalue weighted by atomic mass is 19.3. The number of rotatable bonds is 5. The molecule has 1 unspecified atom stereocenters. The average molecular weight is 299 g/mol. The molecule has 1 aromatic carbocycles. The maximum atomic E-state index is 12.1. The van der Waals surface area contributed by atoms with Crippen LogP contribution < -0.4 is 16.0 Å². The summed E-state index contributed by atoms with van der Waals surface area (Å²) in [6.07, 6.45) is -4.80. The van der Waals surface area contributed by atoms with Gasteiger partial charge in [0.25, 0.3) is 12.3 Å². The summed E-state index contributed by atoms with van der Waals surface area (Å²) in [5.74, 6) is -0.452. The van der Waals surface area contributed by atoms with Gasteiger partial charge < -0.3 is 21.1 Å². The second-order valence-corrected chi connectivity index (χ2v) is 4.63. The Morgan fingerprint density at radius 3 is 2.90 bits per heavy atom. The van der Waals surface area contributed by atoms with E-state index in [2.05, 4.69) is 16.0 Å². The fourth-order valence-electron chi connectivity index (χ4n) is 1.89. The minimum absolute atomic E-state index is 0.0602. The summed E-state index contributed by atoms with van der Waals surface area (Å²) in [6, 6.07) is 4.45. The van der Waals surface area contributed by atoms with Gasteiger partial charge in [-0.05, 0) is 24.1 Å². The number of benzene rings is 1. The predicted octanol–water partition coefficient (Wildman–Crippen LogP) is 1.07. The first-order chi connectivity index (χ1) is 9.97. The number of carbonyl (C=O) groups is 2. The Morgan fingerprint density at radius 1 is 1.43 bits per heavy atom. The number of hydrogen-bond acceptors (Lipinski definition) is 3. The zero-order valence-electron chi connectivity index (χ0n) is 11.0. The molecule has 0 radical (unpaired) electrons. The molecule has 2 rings (SSSR count). The van der Waals surface area contributed by atoms with Gasteiger partial charge in [-0.25, -0.2) is 13.6 Å². The van der Waals surface area contributed by atoms with Gasteiger partial charge >= 0.3 is 6.03 Å². The molecule has 0 saturated heterocycles. The molecular weight excluding hydrogens is 284 g/mol. The summed E-state index contributed by atoms with van der Waals surface area (Å²) < 4.78 is 24.2. The van der Waals surface area contributed by atoms with Crippen LogP contribution in [0.5, 0.6) is 0 Å². The molecule has 4 N–H and O–H groups in total. The molecule has 1 aliphatic rings. The fourth-order valence-corrected chi connectivity index (χ4v) is 1.89. The third-order valence-corrected chi connectivity index (χ3v) is 3.08. The SMILES string of the molecule is O=C1NCc2ccc(C(=O)NCCC(O)C(F)F)cc2N1. The number of nitrogens with one attached hydrogen (secondary N) is 3. The number of aliphatic hydroxyl groups is 1. The molecule has 1 aliphatic heterocycles. The zero-order chi connectivity index (χ0) is 15.4. The zero-order valence-corrected chi connectivity index (χ0v) is 11.0. The highest BCUT2D eigenvalue weighted by Gasteiger charge is 2.18. The summed E-state index contributed by atoms with van der Waals surface area (Å²) in [5.41, 5.74) is 1.70. The van der Waals surface area contributed by atoms with E-state index in [0.717, 1.165) is 5.56 Å². The number of carbonyl (C=O) groups excluding carboxylic acids is 2. The predicted molar refractivity (Wildman–Crippen MR) is 71.3 cm³/mol. The third-order valence-electron chi connectivity index (χ3n) is 3.08. The minimum atomic E-state index is -2.83. The second-order valence-electron chi connectivity index (χ2n) is 4.63. The van der Waals surface area contributed by atoms with Crippen LogP contribution in [0.15, 0.2) is 18.2 Å². The lowest BCUT2D eigenvalue weighted by atomic mass is 10.1. The summed E-state index contributed by atoms with van der Waals surface area (Å²) in [5, 5.41) is 16.6. The largest absolute Gasteiger partial charge is 0.387 e. The molecule has 1 heterocycles. The molecule has 0 spiro atoms. The van der Waals surface area contributed by atoms with Crippen LogP contribution in [0.4, 0.5) is 19.3 Å². The van der Waals surface area contributed by atoms with Gasteiger partial charge in [-0.1, -0.05) is 6.07 Å². The number of hydrogen-bond donors (Lipinski definition) is 4. The van der Waals surface area contributed by atoms with Crippen LogP contribution in [0, 0.1) is 0 Å². The molecule has 114 valence electrons. The van der Waals surface area contributed by atoms with Gasteiger partial charge in [-0.3, -0.25) is 4.79 Å². The van der Waals surface area contributed by atoms with Gasteiger partial charge in [0, 0.05) is 24.3 Å². The molecule has 3 amide bonds. The Morgan fingerprint density at radius 2 is 2.19 bits per heavy atom. The molecule has 21 heavy (non-hydrogen) atoms. The number of alkyl halides is 2. The second kappa shape index (κ2) is 6.49. The molecule has 0 saturated carbocycles. The Hall–Kier alpha value is -2.22. The van der Waals surface area contributed by atoms with E-state index in [9.17, 15) is 18.4 Å². The van der Waals surface area contributed by atoms with Gasteiger partial charge in [0.15, 0.2) is 0 Å². The number of fused-ring (bicyclic) bond motifs is 1. The molecule has 8 heteroatoms. The van der Waals surface area contributed by atoms with Gasteiger partial charge in [0.05, 0.1) is 0 Å². The smallest absolute Gasteiger partial charge is 0.319 e. The first-order valence-corrected chi connectivity index (χ1v) is 6.39. The van der Waals surface area contributed by atoms with Crippen LogP contribution >= 0.6 is 0 Å². The normalized spacial score (nSPS) is 15.0. The highest BCUT2D eigenvalue weighted by molar-refractivity contribution is 5.98. The summed E-state index contributed by atoms with van der Waals surface area (Å²) >= 11 is 0. The lowest BCUT2D eigenvalue weighted by Gasteiger charge is -2.18. The Bertz CT molecular complexity index is 551. The van der Waals surface area contributed by atoms with Crippen LogP contribution in [0.2, 0.25) is 0 Å². The van der Waals surface area contributed by atoms with E-state index in [1.54, 1.807) is 12.1 Å². The average Bonchev–Trinajstić information content (AvgIpc) is 2.45. The molecule has 6 nitrogen and oxygen atoms in total. The number of halogens is 2. The lowest BCUT2D eigenvalue weighted by Crippen LogP contribution is -2.34. The molecule has 0 aromatic heterocycles. The first kappa shape index (κ1) is 15.2. The summed E-state index contributed by atoms with van der Waals surface area (Å²) in [7, 11) is 0. The number of aliphatic hydroxyl groups excluding tert-OH is 1. The summed E-state index contributed by atoms with van der Waals surface area (Å²) in [6.45, 7) is 0.318. The Kier molecular flexibility index (Phi) is 4.69. The fraction of sp³-hybridized carbons (Fsp3) is 0.385. The van der Waals surface area contributed by atoms with E-state index < -0.39 is 18.4 Å². The van der Waals surface area contributed by atoms with Crippen LogP contribution in [0.1, 0.15) is 22.3 Å². The molecule has 0 bridgehead atoms. The van der Waals surface area contributed by atoms with Gasteiger partial charge in [0.1, 0.15) is 6.10 Å². The van der Waals surface area contributed by atoms with Gasteiger partial charge in [0.2, 0.25) is 0 Å². The topological polar surface area (TPSA) is 90.5 Å². The molecule has 0 aliphatic carbocycles. The van der Waals surface area contributed by atoms with Crippen molar-refractivity contribution < 1.29 is 23.5 Å². The Labute approximate surface area is 119 Å². The van der Waals surface area contributed by atoms with Gasteiger partial charge in [-0.2, -0.15) is 0 Å². The van der Waals surface area contributed by atoms with Gasteiger partial charge in [-0.15, -0.1) is 0 Å². The number of amides is 3. The van der Waals surface area contributed by atoms with E-state index in [4.69, 9.17) is 5.11 Å². The number of urea groups is 1. The van der Waals surface area contributed by atoms with Crippen molar-refractivity contribution in [3.05, 3.63) is 29.3 Å². The van der Waals surface area contributed by atoms with Crippen molar-refractivity contribution in [1.29, 1.82) is 0 Å². The van der Waals surface area contributed by atoms with Crippen LogP contribution in [0.25, 0.3) is 0 Å². The summed E-state index contributed by atoms with van der Waals surface area (Å²) in [4.78, 5) is 23.1. The quantitative estimate of drug-likeness (QED) is 0.655. The van der Waals surface area contributed by atoms with Crippen molar-refractivity contribution in [2.45, 2.75) is 25.5 Å². The van der Waals surface area contributed by atoms with Crippen LogP contribution in [0.3, 0.4) is 0 Å². The standard InChI is InChI=1S/C13H15F2N3O3/c14-11(15)10(19)3-4-16-12(20)7-1-2-8-6-17-13(21)18-9(8)5-7/h1-2,5,10-11,19H,3-4,6H2,(H,16,20)(H2,17,18,21). The van der Waals surface area contributed by atoms with Crippen molar-refractivity contribution in [3.8, 4) is 0 Å². The minimum Gasteiger partial charge on any atom is -0.387 e. The monoisotopic (exact) mass is 299 g/mol. The molecule has 0 fully saturated rings. The number of anilines is 1. The van der Waals surface area contributed by atoms with E-state index in [0.29, 0.717) is 17.8 Å². The third kappa shape index (κ3) is 3.88.